The average Bonchev–Trinajstić information content (AvgIpc) is 3.24. The third-order valence-electron chi connectivity index (χ3n) is 5.36. The van der Waals surface area contributed by atoms with Crippen LogP contribution in [0.4, 0.5) is 4.39 Å². The summed E-state index contributed by atoms with van der Waals surface area (Å²) in [5, 5.41) is 5.57. The van der Waals surface area contributed by atoms with Gasteiger partial charge >= 0.3 is 0 Å². The molecule has 1 aliphatic heterocycles. The minimum atomic E-state index is -0.359. The van der Waals surface area contributed by atoms with Crippen molar-refractivity contribution in [2.45, 2.75) is 39.5 Å². The molecule has 146 valence electrons. The van der Waals surface area contributed by atoms with Crippen molar-refractivity contribution in [2.75, 3.05) is 13.1 Å². The highest BCUT2D eigenvalue weighted by Gasteiger charge is 2.28. The zero-order valence-electron chi connectivity index (χ0n) is 16.3. The first-order valence-electron chi connectivity index (χ1n) is 9.49. The minimum Gasteiger partial charge on any atom is -0.337 e. The SMILES string of the molecule is Cc1nc(C2CCN(C(=O)c3cc(C)n(-c4ccccc4F)n3)CC2)sc1C. The normalized spacial score (nSPS) is 15.2. The van der Waals surface area contributed by atoms with E-state index in [0.717, 1.165) is 24.2 Å². The number of aromatic nitrogens is 3. The summed E-state index contributed by atoms with van der Waals surface area (Å²) in [5.74, 6) is -0.0372. The standard InChI is InChI=1S/C21H23FN4OS/c1-13-12-18(24-26(13)19-7-5-4-6-17(19)22)21(27)25-10-8-16(9-11-25)20-23-14(2)15(3)28-20/h4-7,12,16H,8-11H2,1-3H3. The van der Waals surface area contributed by atoms with Gasteiger partial charge in [-0.3, -0.25) is 4.79 Å². The van der Waals surface area contributed by atoms with Gasteiger partial charge in [0.05, 0.1) is 10.7 Å². The summed E-state index contributed by atoms with van der Waals surface area (Å²) in [6.45, 7) is 7.35. The van der Waals surface area contributed by atoms with Gasteiger partial charge in [-0.2, -0.15) is 5.10 Å². The molecular formula is C21H23FN4OS. The minimum absolute atomic E-state index is 0.0943. The van der Waals surface area contributed by atoms with Crippen LogP contribution in [-0.2, 0) is 0 Å². The third-order valence-corrected chi connectivity index (χ3v) is 6.60. The number of likely N-dealkylation sites (tertiary alicyclic amines) is 1. The molecule has 1 amide bonds. The Balaban J connectivity index is 1.47. The number of aryl methyl sites for hydroxylation is 3. The molecule has 0 aliphatic carbocycles. The van der Waals surface area contributed by atoms with E-state index in [1.807, 2.05) is 18.7 Å². The molecule has 0 atom stereocenters. The lowest BCUT2D eigenvalue weighted by Crippen LogP contribution is -2.38. The van der Waals surface area contributed by atoms with E-state index in [1.165, 1.54) is 20.6 Å². The van der Waals surface area contributed by atoms with Crippen LogP contribution in [0.1, 0.15) is 50.5 Å². The zero-order valence-corrected chi connectivity index (χ0v) is 17.1. The Bertz CT molecular complexity index is 998. The molecule has 0 saturated carbocycles. The van der Waals surface area contributed by atoms with Gasteiger partial charge < -0.3 is 4.90 Å². The topological polar surface area (TPSA) is 51.0 Å². The van der Waals surface area contributed by atoms with E-state index < -0.39 is 0 Å². The number of carbonyl (C=O) groups excluding carboxylic acids is 1. The summed E-state index contributed by atoms with van der Waals surface area (Å²) < 4.78 is 15.6. The van der Waals surface area contributed by atoms with Crippen LogP contribution in [0.2, 0.25) is 0 Å². The predicted molar refractivity (Wildman–Crippen MR) is 108 cm³/mol. The van der Waals surface area contributed by atoms with E-state index in [2.05, 4.69) is 17.0 Å². The molecule has 1 fully saturated rings. The van der Waals surface area contributed by atoms with Crippen molar-refractivity contribution in [3.05, 3.63) is 63.1 Å². The molecule has 1 saturated heterocycles. The molecule has 3 aromatic rings. The van der Waals surface area contributed by atoms with Crippen molar-refractivity contribution in [3.63, 3.8) is 0 Å². The maximum Gasteiger partial charge on any atom is 0.274 e. The van der Waals surface area contributed by atoms with Crippen LogP contribution in [0.25, 0.3) is 5.69 Å². The molecule has 28 heavy (non-hydrogen) atoms. The molecule has 7 heteroatoms. The number of amides is 1. The van der Waals surface area contributed by atoms with Crippen LogP contribution < -0.4 is 0 Å². The number of benzene rings is 1. The third kappa shape index (κ3) is 3.46. The number of rotatable bonds is 3. The van der Waals surface area contributed by atoms with Gasteiger partial charge in [-0.05, 0) is 51.8 Å². The second kappa shape index (κ2) is 7.47. The highest BCUT2D eigenvalue weighted by atomic mass is 32.1. The van der Waals surface area contributed by atoms with Gasteiger partial charge in [0.1, 0.15) is 11.5 Å². The first-order valence-corrected chi connectivity index (χ1v) is 10.3. The Hall–Kier alpha value is -2.54. The van der Waals surface area contributed by atoms with E-state index in [4.69, 9.17) is 0 Å². The molecule has 0 radical (unpaired) electrons. The largest absolute Gasteiger partial charge is 0.337 e. The number of carbonyl (C=O) groups is 1. The van der Waals surface area contributed by atoms with Crippen molar-refractivity contribution in [1.29, 1.82) is 0 Å². The van der Waals surface area contributed by atoms with Gasteiger partial charge in [0.2, 0.25) is 0 Å². The van der Waals surface area contributed by atoms with Crippen LogP contribution in [0.5, 0.6) is 0 Å². The van der Waals surface area contributed by atoms with Crippen molar-refractivity contribution in [1.82, 2.24) is 19.7 Å². The number of thiazole rings is 1. The summed E-state index contributed by atoms with van der Waals surface area (Å²) in [4.78, 5) is 20.7. The van der Waals surface area contributed by atoms with Crippen LogP contribution in [0.3, 0.4) is 0 Å². The number of hydrogen-bond donors (Lipinski definition) is 0. The fourth-order valence-corrected chi connectivity index (χ4v) is 4.70. The molecule has 3 heterocycles. The first-order chi connectivity index (χ1) is 13.4. The van der Waals surface area contributed by atoms with Gasteiger partial charge in [-0.25, -0.2) is 14.1 Å². The summed E-state index contributed by atoms with van der Waals surface area (Å²) in [7, 11) is 0. The molecule has 0 N–H and O–H groups in total. The highest BCUT2D eigenvalue weighted by Crippen LogP contribution is 2.32. The van der Waals surface area contributed by atoms with E-state index >= 15 is 0 Å². The number of piperidine rings is 1. The molecule has 5 nitrogen and oxygen atoms in total. The van der Waals surface area contributed by atoms with E-state index in [-0.39, 0.29) is 11.7 Å². The van der Waals surface area contributed by atoms with Gasteiger partial charge in [-0.1, -0.05) is 12.1 Å². The van der Waals surface area contributed by atoms with Gasteiger partial charge in [0.15, 0.2) is 5.69 Å². The van der Waals surface area contributed by atoms with Crippen LogP contribution >= 0.6 is 11.3 Å². The first kappa shape index (κ1) is 18.8. The molecule has 4 rings (SSSR count). The predicted octanol–water partition coefficient (Wildman–Crippen LogP) is 4.41. The Morgan fingerprint density at radius 1 is 1.18 bits per heavy atom. The lowest BCUT2D eigenvalue weighted by molar-refractivity contribution is 0.0706. The lowest BCUT2D eigenvalue weighted by Gasteiger charge is -2.30. The molecule has 0 bridgehead atoms. The maximum absolute atomic E-state index is 14.1. The second-order valence-electron chi connectivity index (χ2n) is 7.29. The summed E-state index contributed by atoms with van der Waals surface area (Å²) >= 11 is 1.77. The lowest BCUT2D eigenvalue weighted by atomic mass is 9.97. The summed E-state index contributed by atoms with van der Waals surface area (Å²) in [6, 6.07) is 8.18. The number of nitrogens with zero attached hydrogens (tertiary/aromatic N) is 4. The molecule has 1 aliphatic rings. The van der Waals surface area contributed by atoms with Crippen LogP contribution in [0, 0.1) is 26.6 Å². The second-order valence-corrected chi connectivity index (χ2v) is 8.53. The Kier molecular flexibility index (Phi) is 5.02. The van der Waals surface area contributed by atoms with E-state index in [0.29, 0.717) is 30.4 Å². The van der Waals surface area contributed by atoms with Gasteiger partial charge in [0.25, 0.3) is 5.91 Å². The number of hydrogen-bond acceptors (Lipinski definition) is 4. The zero-order chi connectivity index (χ0) is 19.8. The van der Waals surface area contributed by atoms with Crippen LogP contribution in [0.15, 0.2) is 30.3 Å². The molecule has 0 spiro atoms. The summed E-state index contributed by atoms with van der Waals surface area (Å²) in [5.41, 5.74) is 2.55. The Labute approximate surface area is 167 Å². The van der Waals surface area contributed by atoms with E-state index in [9.17, 15) is 9.18 Å². The number of halogens is 1. The fraction of sp³-hybridized carbons (Fsp3) is 0.381. The molecule has 0 unspecified atom stereocenters. The number of para-hydroxylation sites is 1. The van der Waals surface area contributed by atoms with Crippen molar-refractivity contribution >= 4 is 17.2 Å². The molecule has 2 aromatic heterocycles. The van der Waals surface area contributed by atoms with Gasteiger partial charge in [-0.15, -0.1) is 11.3 Å². The van der Waals surface area contributed by atoms with Gasteiger partial charge in [0, 0.05) is 29.6 Å². The van der Waals surface area contributed by atoms with Crippen molar-refractivity contribution in [3.8, 4) is 5.69 Å². The average molecular weight is 399 g/mol. The summed E-state index contributed by atoms with van der Waals surface area (Å²) in [6.07, 6.45) is 1.82. The molecular weight excluding hydrogens is 375 g/mol. The smallest absolute Gasteiger partial charge is 0.274 e. The monoisotopic (exact) mass is 398 g/mol. The molecule has 1 aromatic carbocycles. The van der Waals surface area contributed by atoms with Crippen molar-refractivity contribution < 1.29 is 9.18 Å². The quantitative estimate of drug-likeness (QED) is 0.657. The van der Waals surface area contributed by atoms with Crippen LogP contribution in [-0.4, -0.2) is 38.7 Å². The maximum atomic E-state index is 14.1. The Morgan fingerprint density at radius 2 is 1.89 bits per heavy atom. The van der Waals surface area contributed by atoms with E-state index in [1.54, 1.807) is 35.6 Å². The Morgan fingerprint density at radius 3 is 2.54 bits per heavy atom. The fourth-order valence-electron chi connectivity index (χ4n) is 3.61. The highest BCUT2D eigenvalue weighted by molar-refractivity contribution is 7.11. The van der Waals surface area contributed by atoms with Crippen molar-refractivity contribution in [2.24, 2.45) is 0 Å².